The molecule has 0 spiro atoms. The molecule has 2 saturated heterocycles. The highest BCUT2D eigenvalue weighted by Gasteiger charge is 2.51. The van der Waals surface area contributed by atoms with E-state index in [0.29, 0.717) is 0 Å². The summed E-state index contributed by atoms with van der Waals surface area (Å²) in [7, 11) is 1.17. The van der Waals surface area contributed by atoms with Crippen molar-refractivity contribution in [2.45, 2.75) is 61.4 Å². The van der Waals surface area contributed by atoms with Crippen molar-refractivity contribution in [3.8, 4) is 0 Å². The summed E-state index contributed by atoms with van der Waals surface area (Å²) >= 11 is 0. The van der Waals surface area contributed by atoms with Crippen LogP contribution in [-0.2, 0) is 28.4 Å². The average molecular weight is 631 g/mol. The van der Waals surface area contributed by atoms with Crippen molar-refractivity contribution in [1.82, 2.24) is 0 Å². The van der Waals surface area contributed by atoms with Gasteiger partial charge in [-0.05, 0) is 24.3 Å². The number of amides is 2. The predicted molar refractivity (Wildman–Crippen MR) is 142 cm³/mol. The van der Waals surface area contributed by atoms with Gasteiger partial charge in [0, 0.05) is 7.11 Å². The molecule has 7 N–H and O–H groups in total. The number of benzene rings is 2. The minimum atomic E-state index is -1.93. The third-order valence-corrected chi connectivity index (χ3v) is 6.81. The lowest BCUT2D eigenvalue weighted by Gasteiger charge is -2.45. The lowest BCUT2D eigenvalue weighted by molar-refractivity contribution is -0.357. The Balaban J connectivity index is 1.41. The molecule has 10 atom stereocenters. The number of nitrogens with one attached hydrogen (secondary N) is 2. The molecule has 2 amide bonds. The number of methoxy groups -OCH3 is 1. The zero-order valence-electron chi connectivity index (χ0n) is 23.1. The maximum atomic E-state index is 13.9. The number of halogens is 2. The molecule has 2 aromatic rings. The molecule has 2 aliphatic heterocycles. The standard InChI is InChI=1S/C27H32F2N2O13/c1-39-24-22(36)20(34)23(17(43-24)11-41-27(38)31-15-9-5-3-7-13(15)29)44-25-21(35)19(33)18(32)16(42-25)10-40-26(37)30-14-8-4-2-6-12(14)28/h2-9,16-25,32-36H,10-11H2,1H3,(H,30,37)(H,31,38)/t16-,17-,18-,19+,20-,21-,22-,23-,24-,25+/m1/s1. The second-order valence-electron chi connectivity index (χ2n) is 9.78. The minimum Gasteiger partial charge on any atom is -0.446 e. The van der Waals surface area contributed by atoms with Crippen molar-refractivity contribution < 1.29 is 72.3 Å². The van der Waals surface area contributed by atoms with E-state index in [9.17, 15) is 43.9 Å². The number of anilines is 2. The molecule has 4 rings (SSSR count). The van der Waals surface area contributed by atoms with Crippen LogP contribution in [0.3, 0.4) is 0 Å². The van der Waals surface area contributed by atoms with E-state index in [1.165, 1.54) is 43.5 Å². The number of hydrogen-bond acceptors (Lipinski definition) is 13. The van der Waals surface area contributed by atoms with Crippen LogP contribution >= 0.6 is 0 Å². The number of aliphatic hydroxyl groups is 5. The first-order valence-corrected chi connectivity index (χ1v) is 13.3. The topological polar surface area (TPSA) is 215 Å². The van der Waals surface area contributed by atoms with E-state index in [1.54, 1.807) is 0 Å². The molecule has 0 unspecified atom stereocenters. The molecule has 0 aliphatic carbocycles. The summed E-state index contributed by atoms with van der Waals surface area (Å²) in [5, 5.41) is 56.9. The lowest BCUT2D eigenvalue weighted by Crippen LogP contribution is -2.64. The lowest BCUT2D eigenvalue weighted by atomic mass is 9.97. The quantitative estimate of drug-likeness (QED) is 0.195. The SMILES string of the molecule is CO[C@@H]1O[C@H](COC(=O)Nc2ccccc2F)[C@@H](O[C@@H]2O[C@H](COC(=O)Nc3ccccc3F)[C@@H](O)[C@H](O)[C@H]2O)[C@H](O)[C@H]1O. The normalized spacial score (nSPS) is 32.0. The zero-order valence-corrected chi connectivity index (χ0v) is 23.1. The van der Waals surface area contributed by atoms with E-state index >= 15 is 0 Å². The molecule has 15 nitrogen and oxygen atoms in total. The summed E-state index contributed by atoms with van der Waals surface area (Å²) in [6.45, 7) is -1.35. The number of rotatable bonds is 9. The fraction of sp³-hybridized carbons (Fsp3) is 0.481. The fourth-order valence-electron chi connectivity index (χ4n) is 4.46. The maximum Gasteiger partial charge on any atom is 0.411 e. The number of ether oxygens (including phenoxy) is 6. The third kappa shape index (κ3) is 7.95. The van der Waals surface area contributed by atoms with Gasteiger partial charge in [-0.1, -0.05) is 24.3 Å². The Kier molecular flexibility index (Phi) is 11.4. The van der Waals surface area contributed by atoms with E-state index in [4.69, 9.17) is 28.4 Å². The monoisotopic (exact) mass is 630 g/mol. The third-order valence-electron chi connectivity index (χ3n) is 6.81. The molecular formula is C27H32F2N2O13. The first-order chi connectivity index (χ1) is 21.0. The second kappa shape index (κ2) is 15.0. The van der Waals surface area contributed by atoms with Gasteiger partial charge in [-0.3, -0.25) is 10.6 Å². The number of para-hydroxylation sites is 2. The molecule has 0 bridgehead atoms. The van der Waals surface area contributed by atoms with Crippen LogP contribution < -0.4 is 10.6 Å². The zero-order chi connectivity index (χ0) is 32.0. The van der Waals surface area contributed by atoms with E-state index < -0.39 is 98.4 Å². The van der Waals surface area contributed by atoms with Gasteiger partial charge in [-0.15, -0.1) is 0 Å². The molecular weight excluding hydrogens is 598 g/mol. The van der Waals surface area contributed by atoms with E-state index in [-0.39, 0.29) is 11.4 Å². The minimum absolute atomic E-state index is 0.179. The van der Waals surface area contributed by atoms with Crippen molar-refractivity contribution in [3.05, 3.63) is 60.2 Å². The first kappa shape index (κ1) is 33.4. The van der Waals surface area contributed by atoms with Gasteiger partial charge in [0.25, 0.3) is 0 Å². The Morgan fingerprint density at radius 3 is 1.70 bits per heavy atom. The van der Waals surface area contributed by atoms with Crippen LogP contribution in [0.25, 0.3) is 0 Å². The molecule has 2 aromatic carbocycles. The van der Waals surface area contributed by atoms with Gasteiger partial charge >= 0.3 is 12.2 Å². The Hall–Kier alpha value is -3.52. The molecule has 17 heteroatoms. The highest BCUT2D eigenvalue weighted by molar-refractivity contribution is 5.85. The van der Waals surface area contributed by atoms with Crippen molar-refractivity contribution in [3.63, 3.8) is 0 Å². The summed E-state index contributed by atoms with van der Waals surface area (Å²) in [6, 6.07) is 10.5. The van der Waals surface area contributed by atoms with Gasteiger partial charge in [0.15, 0.2) is 12.6 Å². The second-order valence-corrected chi connectivity index (χ2v) is 9.78. The predicted octanol–water partition coefficient (Wildman–Crippen LogP) is 0.0479. The summed E-state index contributed by atoms with van der Waals surface area (Å²) in [6.07, 6.45) is -19.1. The molecule has 0 radical (unpaired) electrons. The van der Waals surface area contributed by atoms with E-state index in [0.717, 1.165) is 12.1 Å². The van der Waals surface area contributed by atoms with Gasteiger partial charge in [-0.2, -0.15) is 0 Å². The number of carbonyl (C=O) groups is 2. The molecule has 0 saturated carbocycles. The fourth-order valence-corrected chi connectivity index (χ4v) is 4.46. The Morgan fingerprint density at radius 1 is 0.705 bits per heavy atom. The highest BCUT2D eigenvalue weighted by atomic mass is 19.1. The van der Waals surface area contributed by atoms with Crippen molar-refractivity contribution in [1.29, 1.82) is 0 Å². The molecule has 2 aliphatic rings. The summed E-state index contributed by atoms with van der Waals surface area (Å²) in [5.41, 5.74) is -0.364. The van der Waals surface area contributed by atoms with Gasteiger partial charge in [0.2, 0.25) is 0 Å². The molecule has 2 fully saturated rings. The van der Waals surface area contributed by atoms with Crippen LogP contribution in [0, 0.1) is 11.6 Å². The highest BCUT2D eigenvalue weighted by Crippen LogP contribution is 2.30. The Morgan fingerprint density at radius 2 is 1.18 bits per heavy atom. The van der Waals surface area contributed by atoms with Gasteiger partial charge < -0.3 is 54.0 Å². The van der Waals surface area contributed by atoms with Crippen LogP contribution in [-0.4, -0.2) is 119 Å². The van der Waals surface area contributed by atoms with Crippen LogP contribution in [0.4, 0.5) is 29.7 Å². The molecule has 2 heterocycles. The van der Waals surface area contributed by atoms with Gasteiger partial charge in [-0.25, -0.2) is 18.4 Å². The summed E-state index contributed by atoms with van der Waals surface area (Å²) in [5.74, 6) is -1.47. The number of aliphatic hydroxyl groups excluding tert-OH is 5. The van der Waals surface area contributed by atoms with Crippen LogP contribution in [0.1, 0.15) is 0 Å². The smallest absolute Gasteiger partial charge is 0.411 e. The summed E-state index contributed by atoms with van der Waals surface area (Å²) in [4.78, 5) is 24.5. The molecule has 44 heavy (non-hydrogen) atoms. The number of carbonyl (C=O) groups excluding carboxylic acids is 2. The first-order valence-electron chi connectivity index (χ1n) is 13.3. The number of hydrogen-bond donors (Lipinski definition) is 7. The van der Waals surface area contributed by atoms with Crippen molar-refractivity contribution in [2.24, 2.45) is 0 Å². The van der Waals surface area contributed by atoms with E-state index in [1.807, 2.05) is 0 Å². The van der Waals surface area contributed by atoms with Crippen molar-refractivity contribution in [2.75, 3.05) is 31.0 Å². The van der Waals surface area contributed by atoms with Crippen LogP contribution in [0.15, 0.2) is 48.5 Å². The summed E-state index contributed by atoms with van der Waals surface area (Å²) < 4.78 is 59.5. The van der Waals surface area contributed by atoms with Gasteiger partial charge in [0.05, 0.1) is 11.4 Å². The Bertz CT molecular complexity index is 1280. The van der Waals surface area contributed by atoms with E-state index in [2.05, 4.69) is 10.6 Å². The molecule has 242 valence electrons. The van der Waals surface area contributed by atoms with Gasteiger partial charge in [0.1, 0.15) is 73.7 Å². The molecule has 0 aromatic heterocycles. The van der Waals surface area contributed by atoms with Crippen LogP contribution in [0.2, 0.25) is 0 Å². The largest absolute Gasteiger partial charge is 0.446 e. The van der Waals surface area contributed by atoms with Crippen LogP contribution in [0.5, 0.6) is 0 Å². The average Bonchev–Trinajstić information content (AvgIpc) is 3.00. The Labute approximate surface area is 248 Å². The van der Waals surface area contributed by atoms with Crippen molar-refractivity contribution >= 4 is 23.6 Å². The maximum absolute atomic E-state index is 13.9.